The molecule has 0 saturated heterocycles. The Morgan fingerprint density at radius 1 is 1.39 bits per heavy atom. The van der Waals surface area contributed by atoms with Gasteiger partial charge in [-0.05, 0) is 18.2 Å². The van der Waals surface area contributed by atoms with Gasteiger partial charge in [-0.25, -0.2) is 13.1 Å². The van der Waals surface area contributed by atoms with Crippen molar-refractivity contribution in [2.45, 2.75) is 4.90 Å². The number of aliphatic hydroxyl groups excluding tert-OH is 1. The predicted octanol–water partition coefficient (Wildman–Crippen LogP) is 0.319. The average molecular weight is 339 g/mol. The third-order valence-corrected chi connectivity index (χ3v) is 4.06. The van der Waals surface area contributed by atoms with Gasteiger partial charge < -0.3 is 15.6 Å². The number of ether oxygens (including phenoxy) is 1. The number of sulfonamides is 1. The molecule has 0 saturated carbocycles. The fourth-order valence-electron chi connectivity index (χ4n) is 1.26. The number of nitrogen functional groups attached to an aromatic ring is 1. The van der Waals surface area contributed by atoms with Crippen LogP contribution in [0.1, 0.15) is 0 Å². The largest absolute Gasteiger partial charge is 0.398 e. The highest BCUT2D eigenvalue weighted by Gasteiger charge is 2.16. The van der Waals surface area contributed by atoms with Crippen LogP contribution in [0.5, 0.6) is 0 Å². The summed E-state index contributed by atoms with van der Waals surface area (Å²) in [6.45, 7) is 0.405. The molecule has 0 bridgehead atoms. The molecule has 18 heavy (non-hydrogen) atoms. The van der Waals surface area contributed by atoms with Crippen molar-refractivity contribution in [2.24, 2.45) is 0 Å². The highest BCUT2D eigenvalue weighted by Crippen LogP contribution is 2.22. The van der Waals surface area contributed by atoms with Gasteiger partial charge in [0.05, 0.1) is 25.5 Å². The van der Waals surface area contributed by atoms with E-state index in [0.717, 1.165) is 0 Å². The summed E-state index contributed by atoms with van der Waals surface area (Å²) in [6.07, 6.45) is 0. The van der Waals surface area contributed by atoms with Crippen LogP contribution in [0.15, 0.2) is 27.6 Å². The molecule has 0 spiro atoms. The maximum atomic E-state index is 11.9. The molecule has 0 fully saturated rings. The number of hydrogen-bond donors (Lipinski definition) is 3. The molecule has 6 nitrogen and oxygen atoms in total. The highest BCUT2D eigenvalue weighted by molar-refractivity contribution is 9.10. The first kappa shape index (κ1) is 15.4. The zero-order valence-electron chi connectivity index (χ0n) is 9.60. The normalized spacial score (nSPS) is 11.7. The molecule has 0 aliphatic heterocycles. The van der Waals surface area contributed by atoms with E-state index in [2.05, 4.69) is 20.7 Å². The number of nitrogens with one attached hydrogen (secondary N) is 1. The maximum absolute atomic E-state index is 11.9. The van der Waals surface area contributed by atoms with Crippen LogP contribution < -0.4 is 10.5 Å². The van der Waals surface area contributed by atoms with Crippen LogP contribution in [0.25, 0.3) is 0 Å². The Morgan fingerprint density at radius 3 is 2.72 bits per heavy atom. The Morgan fingerprint density at radius 2 is 2.11 bits per heavy atom. The van der Waals surface area contributed by atoms with E-state index in [1.807, 2.05) is 0 Å². The van der Waals surface area contributed by atoms with Crippen molar-refractivity contribution in [1.82, 2.24) is 4.72 Å². The standard InChI is InChI=1S/C10H15BrN2O4S/c11-8-1-2-10(9(12)7-8)18(15,16)13-3-5-17-6-4-14/h1-2,7,13-14H,3-6,12H2. The van der Waals surface area contributed by atoms with Gasteiger partial charge in [0.1, 0.15) is 4.90 Å². The molecular weight excluding hydrogens is 324 g/mol. The van der Waals surface area contributed by atoms with Gasteiger partial charge in [-0.1, -0.05) is 15.9 Å². The summed E-state index contributed by atoms with van der Waals surface area (Å²) >= 11 is 3.21. The predicted molar refractivity (Wildman–Crippen MR) is 71.6 cm³/mol. The average Bonchev–Trinajstić information content (AvgIpc) is 2.28. The molecule has 102 valence electrons. The first-order chi connectivity index (χ1) is 8.47. The monoisotopic (exact) mass is 338 g/mol. The van der Waals surface area contributed by atoms with Crippen LogP contribution in [0.2, 0.25) is 0 Å². The molecule has 0 aliphatic carbocycles. The van der Waals surface area contributed by atoms with Gasteiger partial charge in [-0.15, -0.1) is 0 Å². The summed E-state index contributed by atoms with van der Waals surface area (Å²) in [7, 11) is -3.63. The number of aliphatic hydroxyl groups is 1. The lowest BCUT2D eigenvalue weighted by Gasteiger charge is -2.09. The number of benzene rings is 1. The number of rotatable bonds is 7. The number of nitrogens with two attached hydrogens (primary N) is 1. The van der Waals surface area contributed by atoms with Crippen molar-refractivity contribution in [3.05, 3.63) is 22.7 Å². The number of hydrogen-bond acceptors (Lipinski definition) is 5. The molecule has 8 heteroatoms. The molecule has 0 aromatic heterocycles. The third-order valence-electron chi connectivity index (χ3n) is 2.04. The number of anilines is 1. The lowest BCUT2D eigenvalue weighted by molar-refractivity contribution is 0.0961. The van der Waals surface area contributed by atoms with Crippen molar-refractivity contribution in [1.29, 1.82) is 0 Å². The van der Waals surface area contributed by atoms with E-state index in [9.17, 15) is 8.42 Å². The van der Waals surface area contributed by atoms with E-state index < -0.39 is 10.0 Å². The molecule has 0 unspecified atom stereocenters. The fourth-order valence-corrected chi connectivity index (χ4v) is 2.76. The Kier molecular flexibility index (Phi) is 6.03. The summed E-state index contributed by atoms with van der Waals surface area (Å²) in [5, 5.41) is 8.48. The smallest absolute Gasteiger partial charge is 0.242 e. The molecular formula is C10H15BrN2O4S. The summed E-state index contributed by atoms with van der Waals surface area (Å²) in [5.74, 6) is 0. The molecule has 0 atom stereocenters. The number of halogens is 1. The summed E-state index contributed by atoms with van der Waals surface area (Å²) in [4.78, 5) is 0.0351. The Hall–Kier alpha value is -0.670. The Balaban J connectivity index is 2.63. The van der Waals surface area contributed by atoms with Crippen LogP contribution in [0, 0.1) is 0 Å². The lowest BCUT2D eigenvalue weighted by Crippen LogP contribution is -2.28. The maximum Gasteiger partial charge on any atom is 0.242 e. The topological polar surface area (TPSA) is 102 Å². The summed E-state index contributed by atoms with van der Waals surface area (Å²) in [5.41, 5.74) is 5.82. The van der Waals surface area contributed by atoms with Crippen molar-refractivity contribution < 1.29 is 18.3 Å². The van der Waals surface area contributed by atoms with E-state index in [0.29, 0.717) is 4.47 Å². The van der Waals surface area contributed by atoms with Gasteiger partial charge in [0.25, 0.3) is 0 Å². The molecule has 1 aromatic carbocycles. The summed E-state index contributed by atoms with van der Waals surface area (Å²) in [6, 6.07) is 4.56. The van der Waals surface area contributed by atoms with Gasteiger partial charge in [-0.3, -0.25) is 0 Å². The zero-order chi connectivity index (χ0) is 13.6. The second-order valence-corrected chi connectivity index (χ2v) is 6.07. The van der Waals surface area contributed by atoms with Crippen molar-refractivity contribution in [3.63, 3.8) is 0 Å². The van der Waals surface area contributed by atoms with Crippen molar-refractivity contribution in [3.8, 4) is 0 Å². The van der Waals surface area contributed by atoms with Gasteiger partial charge in [0.2, 0.25) is 10.0 Å². The second-order valence-electron chi connectivity index (χ2n) is 3.42. The molecule has 1 aromatic rings. The minimum atomic E-state index is -3.63. The SMILES string of the molecule is Nc1cc(Br)ccc1S(=O)(=O)NCCOCCO. The van der Waals surface area contributed by atoms with Gasteiger partial charge in [0, 0.05) is 11.0 Å². The highest BCUT2D eigenvalue weighted by atomic mass is 79.9. The molecule has 4 N–H and O–H groups in total. The van der Waals surface area contributed by atoms with E-state index in [1.54, 1.807) is 6.07 Å². The molecule has 0 aliphatic rings. The van der Waals surface area contributed by atoms with Crippen LogP contribution in [-0.2, 0) is 14.8 Å². The zero-order valence-corrected chi connectivity index (χ0v) is 12.0. The minimum Gasteiger partial charge on any atom is -0.398 e. The van der Waals surface area contributed by atoms with Crippen molar-refractivity contribution >= 4 is 31.6 Å². The quantitative estimate of drug-likeness (QED) is 0.491. The minimum absolute atomic E-state index is 0.0351. The van der Waals surface area contributed by atoms with Gasteiger partial charge in [-0.2, -0.15) is 0 Å². The fraction of sp³-hybridized carbons (Fsp3) is 0.400. The summed E-state index contributed by atoms with van der Waals surface area (Å²) < 4.78 is 31.8. The van der Waals surface area contributed by atoms with E-state index >= 15 is 0 Å². The second kappa shape index (κ2) is 7.05. The molecule has 0 amide bonds. The Labute approximate surface area is 114 Å². The Bertz CT molecular complexity index is 493. The van der Waals surface area contributed by atoms with Crippen LogP contribution in [0.4, 0.5) is 5.69 Å². The van der Waals surface area contributed by atoms with E-state index in [4.69, 9.17) is 15.6 Å². The lowest BCUT2D eigenvalue weighted by atomic mass is 10.3. The van der Waals surface area contributed by atoms with E-state index in [1.165, 1.54) is 12.1 Å². The first-order valence-corrected chi connectivity index (χ1v) is 7.48. The molecule has 0 radical (unpaired) electrons. The third kappa shape index (κ3) is 4.54. The van der Waals surface area contributed by atoms with Crippen LogP contribution in [-0.4, -0.2) is 39.9 Å². The van der Waals surface area contributed by atoms with Crippen molar-refractivity contribution in [2.75, 3.05) is 32.1 Å². The van der Waals surface area contributed by atoms with Gasteiger partial charge in [0.15, 0.2) is 0 Å². The van der Waals surface area contributed by atoms with E-state index in [-0.39, 0.29) is 36.9 Å². The van der Waals surface area contributed by atoms with Gasteiger partial charge >= 0.3 is 0 Å². The van der Waals surface area contributed by atoms with Crippen LogP contribution in [0.3, 0.4) is 0 Å². The molecule has 0 heterocycles. The first-order valence-electron chi connectivity index (χ1n) is 5.20. The molecule has 1 rings (SSSR count). The van der Waals surface area contributed by atoms with Crippen LogP contribution >= 0.6 is 15.9 Å².